The Labute approximate surface area is 172 Å². The van der Waals surface area contributed by atoms with E-state index in [-0.39, 0.29) is 34.6 Å². The Kier molecular flexibility index (Phi) is 5.66. The molecule has 1 aromatic heterocycles. The molecule has 0 saturated carbocycles. The van der Waals surface area contributed by atoms with Crippen molar-refractivity contribution in [2.75, 3.05) is 14.2 Å². The number of aldehydes is 1. The van der Waals surface area contributed by atoms with Gasteiger partial charge in [-0.1, -0.05) is 23.7 Å². The molecule has 1 aliphatic rings. The molecular weight excluding hydrogens is 400 g/mol. The zero-order chi connectivity index (χ0) is 21.3. The third kappa shape index (κ3) is 3.48. The highest BCUT2D eigenvalue weighted by atomic mass is 35.5. The Balaban J connectivity index is 2.21. The average molecular weight is 421 g/mol. The number of carbonyl (C=O) groups excluding carboxylic acids is 2. The van der Waals surface area contributed by atoms with Crippen LogP contribution in [0.2, 0.25) is 5.02 Å². The van der Waals surface area contributed by atoms with Crippen LogP contribution < -0.4 is 9.47 Å². The lowest BCUT2D eigenvalue weighted by Crippen LogP contribution is -2.50. The van der Waals surface area contributed by atoms with Gasteiger partial charge < -0.3 is 18.7 Å². The number of carbonyl (C=O) groups is 2. The van der Waals surface area contributed by atoms with Crippen molar-refractivity contribution in [3.8, 4) is 22.9 Å². The first-order valence-corrected chi connectivity index (χ1v) is 9.27. The Morgan fingerprint density at radius 2 is 2.03 bits per heavy atom. The zero-order valence-electron chi connectivity index (χ0n) is 16.7. The molecule has 0 aliphatic heterocycles. The van der Waals surface area contributed by atoms with Crippen LogP contribution in [-0.2, 0) is 14.3 Å². The third-order valence-electron chi connectivity index (χ3n) is 4.99. The summed E-state index contributed by atoms with van der Waals surface area (Å²) in [6.07, 6.45) is 2.04. The van der Waals surface area contributed by atoms with Gasteiger partial charge >= 0.3 is 0 Å². The largest absolute Gasteiger partial charge is 0.496 e. The molecule has 154 valence electrons. The summed E-state index contributed by atoms with van der Waals surface area (Å²) in [6.45, 7) is 5.15. The first kappa shape index (κ1) is 20.9. The number of rotatable bonds is 6. The number of ketones is 1. The van der Waals surface area contributed by atoms with E-state index in [9.17, 15) is 9.59 Å². The molecule has 2 aromatic rings. The normalized spacial score (nSPS) is 21.5. The summed E-state index contributed by atoms with van der Waals surface area (Å²) >= 11 is 6.65. The predicted molar refractivity (Wildman–Crippen MR) is 104 cm³/mol. The smallest absolute Gasteiger partial charge is 0.223 e. The Morgan fingerprint density at radius 3 is 2.59 bits per heavy atom. The molecule has 1 aliphatic carbocycles. The molecule has 0 N–H and O–H groups in total. The Morgan fingerprint density at radius 1 is 1.31 bits per heavy atom. The zero-order valence-corrected chi connectivity index (χ0v) is 17.5. The number of allylic oxidation sites excluding steroid dienone is 1. The van der Waals surface area contributed by atoms with Gasteiger partial charge in [-0.2, -0.15) is 4.98 Å². The van der Waals surface area contributed by atoms with Gasteiger partial charge in [-0.15, -0.1) is 0 Å². The van der Waals surface area contributed by atoms with Crippen LogP contribution in [0, 0.1) is 19.8 Å². The van der Waals surface area contributed by atoms with Gasteiger partial charge in [-0.05, 0) is 13.0 Å². The second kappa shape index (κ2) is 7.87. The molecule has 1 aromatic carbocycles. The lowest BCUT2D eigenvalue weighted by atomic mass is 9.79. The summed E-state index contributed by atoms with van der Waals surface area (Å²) in [5.74, 6) is 0.782. The molecule has 9 heteroatoms. The van der Waals surface area contributed by atoms with Crippen molar-refractivity contribution in [2.24, 2.45) is 5.92 Å². The van der Waals surface area contributed by atoms with Crippen LogP contribution in [0.25, 0.3) is 11.4 Å². The molecule has 0 amide bonds. The predicted octanol–water partition coefficient (Wildman–Crippen LogP) is 3.47. The monoisotopic (exact) mass is 420 g/mol. The van der Waals surface area contributed by atoms with Crippen molar-refractivity contribution in [3.05, 3.63) is 34.4 Å². The summed E-state index contributed by atoms with van der Waals surface area (Å²) in [5, 5.41) is 4.09. The number of aryl methyl sites for hydroxylation is 1. The minimum atomic E-state index is -1.52. The molecule has 3 rings (SSSR count). The maximum Gasteiger partial charge on any atom is 0.223 e. The van der Waals surface area contributed by atoms with Gasteiger partial charge in [0.05, 0.1) is 19.2 Å². The number of aromatic nitrogens is 2. The van der Waals surface area contributed by atoms with Crippen LogP contribution in [0.3, 0.4) is 0 Å². The first-order valence-electron chi connectivity index (χ1n) is 8.89. The fourth-order valence-corrected chi connectivity index (χ4v) is 3.68. The van der Waals surface area contributed by atoms with Crippen molar-refractivity contribution in [2.45, 2.75) is 32.8 Å². The van der Waals surface area contributed by atoms with Crippen molar-refractivity contribution in [1.82, 2.24) is 10.1 Å². The standard InChI is InChI=1S/C20H21ClN2O6/c1-10-6-13(25)7-16(27-5)20(10,9-24)28-18-11(2)15(26-4)8-14(17(18)21)19-22-12(3)29-23-19/h7-10H,6H2,1-5H3/t10-,20+/m1/s1. The van der Waals surface area contributed by atoms with Gasteiger partial charge in [0.2, 0.25) is 17.3 Å². The number of benzene rings is 1. The van der Waals surface area contributed by atoms with Gasteiger partial charge in [-0.25, -0.2) is 0 Å². The van der Waals surface area contributed by atoms with Crippen LogP contribution in [-0.4, -0.2) is 42.0 Å². The number of halogens is 1. The topological polar surface area (TPSA) is 101 Å². The summed E-state index contributed by atoms with van der Waals surface area (Å²) in [6, 6.07) is 1.67. The van der Waals surface area contributed by atoms with E-state index < -0.39 is 11.5 Å². The van der Waals surface area contributed by atoms with Crippen LogP contribution in [0.15, 0.2) is 22.4 Å². The number of methoxy groups -OCH3 is 2. The van der Waals surface area contributed by atoms with E-state index in [2.05, 4.69) is 10.1 Å². The third-order valence-corrected chi connectivity index (χ3v) is 5.37. The van der Waals surface area contributed by atoms with Crippen LogP contribution in [0.5, 0.6) is 11.5 Å². The van der Waals surface area contributed by atoms with Gasteiger partial charge in [0.15, 0.2) is 17.8 Å². The molecule has 0 bridgehead atoms. The molecule has 2 atom stereocenters. The highest BCUT2D eigenvalue weighted by Crippen LogP contribution is 2.46. The molecule has 0 unspecified atom stereocenters. The van der Waals surface area contributed by atoms with Gasteiger partial charge in [-0.3, -0.25) is 9.59 Å². The second-order valence-corrected chi connectivity index (χ2v) is 7.21. The second-order valence-electron chi connectivity index (χ2n) is 6.83. The lowest BCUT2D eigenvalue weighted by molar-refractivity contribution is -0.130. The molecule has 0 saturated heterocycles. The summed E-state index contributed by atoms with van der Waals surface area (Å²) in [7, 11) is 2.88. The van der Waals surface area contributed by atoms with E-state index in [1.807, 2.05) is 0 Å². The summed E-state index contributed by atoms with van der Waals surface area (Å²) in [4.78, 5) is 28.4. The van der Waals surface area contributed by atoms with Gasteiger partial charge in [0.25, 0.3) is 0 Å². The molecule has 0 radical (unpaired) electrons. The van der Waals surface area contributed by atoms with E-state index in [0.29, 0.717) is 29.1 Å². The SMILES string of the molecule is COC1=CC(=O)C[C@@H](C)[C@]1(C=O)Oc1c(C)c(OC)cc(-c2noc(C)n2)c1Cl. The molecular formula is C20H21ClN2O6. The fraction of sp³-hybridized carbons (Fsp3) is 0.400. The van der Waals surface area contributed by atoms with Crippen molar-refractivity contribution >= 4 is 23.7 Å². The summed E-state index contributed by atoms with van der Waals surface area (Å²) in [5.41, 5.74) is -0.528. The molecule has 1 heterocycles. The highest BCUT2D eigenvalue weighted by Gasteiger charge is 2.48. The van der Waals surface area contributed by atoms with Gasteiger partial charge in [0.1, 0.15) is 11.5 Å². The Hall–Kier alpha value is -2.87. The van der Waals surface area contributed by atoms with E-state index in [1.54, 1.807) is 26.8 Å². The van der Waals surface area contributed by atoms with E-state index >= 15 is 0 Å². The molecule has 29 heavy (non-hydrogen) atoms. The van der Waals surface area contributed by atoms with Crippen LogP contribution >= 0.6 is 11.6 Å². The van der Waals surface area contributed by atoms with Crippen molar-refractivity contribution in [1.29, 1.82) is 0 Å². The maximum absolute atomic E-state index is 12.2. The van der Waals surface area contributed by atoms with E-state index in [0.717, 1.165) is 0 Å². The highest BCUT2D eigenvalue weighted by molar-refractivity contribution is 6.35. The molecule has 0 spiro atoms. The number of nitrogens with zero attached hydrogens (tertiary/aromatic N) is 2. The van der Waals surface area contributed by atoms with E-state index in [1.165, 1.54) is 20.3 Å². The van der Waals surface area contributed by atoms with E-state index in [4.69, 9.17) is 30.3 Å². The average Bonchev–Trinajstić information content (AvgIpc) is 3.12. The maximum atomic E-state index is 12.2. The first-order chi connectivity index (χ1) is 13.8. The number of ether oxygens (including phenoxy) is 3. The fourth-order valence-electron chi connectivity index (χ4n) is 3.36. The minimum Gasteiger partial charge on any atom is -0.496 e. The Bertz CT molecular complexity index is 999. The number of hydrogen-bond acceptors (Lipinski definition) is 8. The molecule has 8 nitrogen and oxygen atoms in total. The lowest BCUT2D eigenvalue weighted by Gasteiger charge is -2.38. The quantitative estimate of drug-likeness (QED) is 0.655. The summed E-state index contributed by atoms with van der Waals surface area (Å²) < 4.78 is 22.1. The van der Waals surface area contributed by atoms with Crippen molar-refractivity contribution in [3.63, 3.8) is 0 Å². The number of hydrogen-bond donors (Lipinski definition) is 0. The van der Waals surface area contributed by atoms with Crippen LogP contribution in [0.4, 0.5) is 0 Å². The minimum absolute atomic E-state index is 0.117. The van der Waals surface area contributed by atoms with Crippen molar-refractivity contribution < 1.29 is 28.3 Å². The van der Waals surface area contributed by atoms with Crippen LogP contribution in [0.1, 0.15) is 24.8 Å². The molecule has 0 fully saturated rings. The van der Waals surface area contributed by atoms with Gasteiger partial charge in [0, 0.05) is 36.5 Å².